The Hall–Kier alpha value is -2.44. The maximum atomic E-state index is 12.9. The molecular formula is C20H28N2O5. The van der Waals surface area contributed by atoms with E-state index in [9.17, 15) is 9.59 Å². The van der Waals surface area contributed by atoms with E-state index in [4.69, 9.17) is 14.2 Å². The number of carbonyl (C=O) groups excluding carboxylic acids is 2. The molecule has 1 N–H and O–H groups in total. The lowest BCUT2D eigenvalue weighted by Gasteiger charge is -2.26. The fraction of sp³-hybridized carbons (Fsp3) is 0.600. The molecule has 7 heteroatoms. The summed E-state index contributed by atoms with van der Waals surface area (Å²) in [5.74, 6) is 0.411. The number of rotatable bonds is 2. The van der Waals surface area contributed by atoms with E-state index >= 15 is 0 Å². The maximum absolute atomic E-state index is 12.9. The van der Waals surface area contributed by atoms with E-state index in [1.54, 1.807) is 23.1 Å². The molecule has 3 rings (SSSR count). The van der Waals surface area contributed by atoms with Crippen LogP contribution in [0.25, 0.3) is 0 Å². The summed E-state index contributed by atoms with van der Waals surface area (Å²) in [6.45, 7) is 11.8. The summed E-state index contributed by atoms with van der Waals surface area (Å²) in [4.78, 5) is 26.7. The van der Waals surface area contributed by atoms with Crippen LogP contribution in [-0.4, -0.2) is 41.4 Å². The SMILES string of the molecule is CC(C)(C)OC(=O)N1CC[C@](C)(C(=O)Nc2ccc3c(c2)OC(C)(C)O3)C1. The largest absolute Gasteiger partial charge is 0.449 e. The van der Waals surface area contributed by atoms with Gasteiger partial charge in [-0.3, -0.25) is 4.79 Å². The molecule has 0 aromatic heterocycles. The zero-order valence-electron chi connectivity index (χ0n) is 16.8. The van der Waals surface area contributed by atoms with Crippen molar-refractivity contribution >= 4 is 17.7 Å². The third-order valence-corrected chi connectivity index (χ3v) is 4.59. The normalized spacial score (nSPS) is 23.3. The predicted octanol–water partition coefficient (Wildman–Crippen LogP) is 3.78. The van der Waals surface area contributed by atoms with Crippen LogP contribution in [0.3, 0.4) is 0 Å². The average molecular weight is 376 g/mol. The van der Waals surface area contributed by atoms with Gasteiger partial charge in [-0.1, -0.05) is 0 Å². The van der Waals surface area contributed by atoms with Gasteiger partial charge in [-0.05, 0) is 46.2 Å². The Balaban J connectivity index is 1.64. The van der Waals surface area contributed by atoms with Gasteiger partial charge in [0.2, 0.25) is 11.7 Å². The van der Waals surface area contributed by atoms with Crippen molar-refractivity contribution in [2.75, 3.05) is 18.4 Å². The number of nitrogens with one attached hydrogen (secondary N) is 1. The lowest BCUT2D eigenvalue weighted by molar-refractivity contribution is -0.124. The molecule has 7 nitrogen and oxygen atoms in total. The van der Waals surface area contributed by atoms with Crippen molar-refractivity contribution in [1.82, 2.24) is 4.90 Å². The van der Waals surface area contributed by atoms with Crippen LogP contribution >= 0.6 is 0 Å². The third-order valence-electron chi connectivity index (χ3n) is 4.59. The molecule has 0 radical (unpaired) electrons. The minimum Gasteiger partial charge on any atom is -0.449 e. The number of hydrogen-bond acceptors (Lipinski definition) is 5. The van der Waals surface area contributed by atoms with Gasteiger partial charge in [-0.25, -0.2) is 4.79 Å². The number of benzene rings is 1. The van der Waals surface area contributed by atoms with Gasteiger partial charge in [-0.15, -0.1) is 0 Å². The van der Waals surface area contributed by atoms with Crippen molar-refractivity contribution < 1.29 is 23.8 Å². The molecule has 0 spiro atoms. The number of amides is 2. The molecule has 1 saturated heterocycles. The lowest BCUT2D eigenvalue weighted by Crippen LogP contribution is -2.40. The summed E-state index contributed by atoms with van der Waals surface area (Å²) >= 11 is 0. The van der Waals surface area contributed by atoms with Crippen LogP contribution in [0.5, 0.6) is 11.5 Å². The van der Waals surface area contributed by atoms with E-state index in [0.717, 1.165) is 0 Å². The molecule has 0 aliphatic carbocycles. The van der Waals surface area contributed by atoms with Gasteiger partial charge in [0, 0.05) is 38.7 Å². The predicted molar refractivity (Wildman–Crippen MR) is 101 cm³/mol. The van der Waals surface area contributed by atoms with Gasteiger partial charge in [-0.2, -0.15) is 0 Å². The van der Waals surface area contributed by atoms with E-state index in [1.807, 2.05) is 41.5 Å². The van der Waals surface area contributed by atoms with Crippen LogP contribution in [0.15, 0.2) is 18.2 Å². The molecule has 2 aliphatic rings. The van der Waals surface area contributed by atoms with Crippen molar-refractivity contribution in [2.24, 2.45) is 5.41 Å². The maximum Gasteiger partial charge on any atom is 0.410 e. The Bertz CT molecular complexity index is 768. The Kier molecular flexibility index (Phi) is 4.52. The number of nitrogens with zero attached hydrogens (tertiary/aromatic N) is 1. The van der Waals surface area contributed by atoms with Crippen molar-refractivity contribution in [3.63, 3.8) is 0 Å². The first-order chi connectivity index (χ1) is 12.4. The Morgan fingerprint density at radius 3 is 2.48 bits per heavy atom. The molecule has 1 aromatic rings. The first kappa shape index (κ1) is 19.3. The highest BCUT2D eigenvalue weighted by Gasteiger charge is 2.43. The second kappa shape index (κ2) is 6.32. The van der Waals surface area contributed by atoms with E-state index in [1.165, 1.54) is 0 Å². The van der Waals surface area contributed by atoms with E-state index in [-0.39, 0.29) is 12.0 Å². The van der Waals surface area contributed by atoms with Crippen LogP contribution in [0.4, 0.5) is 10.5 Å². The molecule has 2 aliphatic heterocycles. The third kappa shape index (κ3) is 4.28. The number of carbonyl (C=O) groups is 2. The van der Waals surface area contributed by atoms with Gasteiger partial charge < -0.3 is 24.4 Å². The van der Waals surface area contributed by atoms with Gasteiger partial charge in [0.25, 0.3) is 0 Å². The van der Waals surface area contributed by atoms with E-state index in [2.05, 4.69) is 5.32 Å². The smallest absolute Gasteiger partial charge is 0.410 e. The fourth-order valence-electron chi connectivity index (χ4n) is 3.21. The second-order valence-electron chi connectivity index (χ2n) is 8.93. The molecule has 27 heavy (non-hydrogen) atoms. The van der Waals surface area contributed by atoms with E-state index in [0.29, 0.717) is 36.7 Å². The first-order valence-electron chi connectivity index (χ1n) is 9.18. The average Bonchev–Trinajstić information content (AvgIpc) is 3.05. The van der Waals surface area contributed by atoms with Crippen LogP contribution in [-0.2, 0) is 9.53 Å². The summed E-state index contributed by atoms with van der Waals surface area (Å²) in [7, 11) is 0. The monoisotopic (exact) mass is 376 g/mol. The van der Waals surface area contributed by atoms with Gasteiger partial charge in [0.1, 0.15) is 5.60 Å². The molecule has 1 fully saturated rings. The van der Waals surface area contributed by atoms with Gasteiger partial charge in [0.15, 0.2) is 11.5 Å². The van der Waals surface area contributed by atoms with Crippen LogP contribution in [0.1, 0.15) is 48.0 Å². The summed E-state index contributed by atoms with van der Waals surface area (Å²) in [5, 5.41) is 2.94. The minimum absolute atomic E-state index is 0.133. The molecule has 2 amide bonds. The molecule has 148 valence electrons. The van der Waals surface area contributed by atoms with Crippen molar-refractivity contribution in [1.29, 1.82) is 0 Å². The molecule has 1 atom stereocenters. The molecular weight excluding hydrogens is 348 g/mol. The summed E-state index contributed by atoms with van der Waals surface area (Å²) in [6, 6.07) is 5.32. The zero-order chi connectivity index (χ0) is 20.0. The molecule has 2 heterocycles. The summed E-state index contributed by atoms with van der Waals surface area (Å²) in [5.41, 5.74) is -0.595. The quantitative estimate of drug-likeness (QED) is 0.850. The number of ether oxygens (including phenoxy) is 3. The van der Waals surface area contributed by atoms with Gasteiger partial charge in [0.05, 0.1) is 5.41 Å². The Morgan fingerprint density at radius 1 is 1.15 bits per heavy atom. The summed E-state index contributed by atoms with van der Waals surface area (Å²) < 4.78 is 16.8. The Morgan fingerprint density at radius 2 is 1.81 bits per heavy atom. The molecule has 0 saturated carbocycles. The van der Waals surface area contributed by atoms with Crippen LogP contribution in [0.2, 0.25) is 0 Å². The Labute approximate surface area is 160 Å². The number of anilines is 1. The van der Waals surface area contributed by atoms with E-state index < -0.39 is 16.8 Å². The standard InChI is InChI=1S/C20H28N2O5/c1-18(2,3)27-17(24)22-10-9-20(6,12-22)16(23)21-13-7-8-14-15(11-13)26-19(4,5)25-14/h7-8,11H,9-10,12H2,1-6H3,(H,21,23)/t20-/m0/s1. The first-order valence-corrected chi connectivity index (χ1v) is 9.18. The highest BCUT2D eigenvalue weighted by molar-refractivity contribution is 5.96. The van der Waals surface area contributed by atoms with Gasteiger partial charge >= 0.3 is 6.09 Å². The molecule has 0 unspecified atom stereocenters. The highest BCUT2D eigenvalue weighted by Crippen LogP contribution is 2.41. The summed E-state index contributed by atoms with van der Waals surface area (Å²) in [6.07, 6.45) is 0.194. The number of likely N-dealkylation sites (tertiary alicyclic amines) is 1. The zero-order valence-corrected chi connectivity index (χ0v) is 16.8. The second-order valence-corrected chi connectivity index (χ2v) is 8.93. The van der Waals surface area contributed by atoms with Crippen LogP contribution < -0.4 is 14.8 Å². The van der Waals surface area contributed by atoms with Crippen LogP contribution in [0, 0.1) is 5.41 Å². The lowest BCUT2D eigenvalue weighted by atomic mass is 9.88. The number of fused-ring (bicyclic) bond motifs is 1. The molecule has 1 aromatic carbocycles. The topological polar surface area (TPSA) is 77.1 Å². The van der Waals surface area contributed by atoms with Crippen molar-refractivity contribution in [3.8, 4) is 11.5 Å². The van der Waals surface area contributed by atoms with Crippen molar-refractivity contribution in [2.45, 2.75) is 59.4 Å². The fourth-order valence-corrected chi connectivity index (χ4v) is 3.21. The number of hydrogen-bond donors (Lipinski definition) is 1. The highest BCUT2D eigenvalue weighted by atomic mass is 16.7. The molecule has 0 bridgehead atoms. The van der Waals surface area contributed by atoms with Crippen molar-refractivity contribution in [3.05, 3.63) is 18.2 Å². The minimum atomic E-state index is -0.712.